The summed E-state index contributed by atoms with van der Waals surface area (Å²) in [7, 11) is -2.10. The van der Waals surface area contributed by atoms with Crippen LogP contribution in [0.25, 0.3) is 0 Å². The number of hydrogen-bond donors (Lipinski definition) is 1. The van der Waals surface area contributed by atoms with Crippen molar-refractivity contribution in [3.63, 3.8) is 0 Å². The van der Waals surface area contributed by atoms with Crippen molar-refractivity contribution < 1.29 is 17.6 Å². The summed E-state index contributed by atoms with van der Waals surface area (Å²) >= 11 is 0. The highest BCUT2D eigenvalue weighted by Crippen LogP contribution is 2.24. The summed E-state index contributed by atoms with van der Waals surface area (Å²) < 4.78 is 40.6. The van der Waals surface area contributed by atoms with Gasteiger partial charge in [0.2, 0.25) is 0 Å². The number of nitrogens with one attached hydrogen (secondary N) is 1. The van der Waals surface area contributed by atoms with Gasteiger partial charge in [-0.3, -0.25) is 9.52 Å². The van der Waals surface area contributed by atoms with Crippen LogP contribution >= 0.6 is 0 Å². The first-order chi connectivity index (χ1) is 12.9. The normalized spacial score (nSPS) is 15.3. The average Bonchev–Trinajstić information content (AvgIpc) is 2.69. The molecule has 1 saturated carbocycles. The van der Waals surface area contributed by atoms with E-state index in [1.807, 2.05) is 0 Å². The molecular weight excluding hydrogens is 367 g/mol. The summed E-state index contributed by atoms with van der Waals surface area (Å²) in [5.74, 6) is -0.628. The fraction of sp³-hybridized carbons (Fsp3) is 0.350. The lowest BCUT2D eigenvalue weighted by atomic mass is 9.94. The first-order valence-corrected chi connectivity index (χ1v) is 10.5. The molecule has 0 saturated heterocycles. The van der Waals surface area contributed by atoms with Gasteiger partial charge in [-0.2, -0.15) is 0 Å². The number of anilines is 1. The standard InChI is InChI=1S/C20H23FN2O3S/c1-23(18-7-3-2-4-8-18)20(24)15-6-5-9-19(14-15)27(25,26)22-17-12-10-16(21)11-13-17/h5-6,9-14,18,22H,2-4,7-8H2,1H3. The molecule has 0 heterocycles. The lowest BCUT2D eigenvalue weighted by Gasteiger charge is -2.31. The molecule has 0 unspecified atom stereocenters. The summed E-state index contributed by atoms with van der Waals surface area (Å²) in [5, 5.41) is 0. The SMILES string of the molecule is CN(C(=O)c1cccc(S(=O)(=O)Nc2ccc(F)cc2)c1)C1CCCCC1. The summed E-state index contributed by atoms with van der Waals surface area (Å²) in [6, 6.07) is 11.2. The van der Waals surface area contributed by atoms with Crippen LogP contribution in [0, 0.1) is 5.82 Å². The lowest BCUT2D eigenvalue weighted by molar-refractivity contribution is 0.0696. The maximum atomic E-state index is 13.0. The molecule has 1 N–H and O–H groups in total. The molecule has 1 fully saturated rings. The maximum absolute atomic E-state index is 13.0. The Morgan fingerprint density at radius 2 is 1.74 bits per heavy atom. The van der Waals surface area contributed by atoms with Crippen LogP contribution in [0.15, 0.2) is 53.4 Å². The summed E-state index contributed by atoms with van der Waals surface area (Å²) in [6.45, 7) is 0. The van der Waals surface area contributed by atoms with Crippen LogP contribution in [0.5, 0.6) is 0 Å². The molecule has 0 atom stereocenters. The molecule has 1 aliphatic rings. The minimum Gasteiger partial charge on any atom is -0.339 e. The van der Waals surface area contributed by atoms with Gasteiger partial charge in [-0.15, -0.1) is 0 Å². The van der Waals surface area contributed by atoms with Crippen molar-refractivity contribution in [2.75, 3.05) is 11.8 Å². The number of nitrogens with zero attached hydrogens (tertiary/aromatic N) is 1. The highest BCUT2D eigenvalue weighted by atomic mass is 32.2. The van der Waals surface area contributed by atoms with Gasteiger partial charge < -0.3 is 4.90 Å². The van der Waals surface area contributed by atoms with E-state index in [1.165, 1.54) is 42.8 Å². The second-order valence-electron chi connectivity index (χ2n) is 6.85. The Morgan fingerprint density at radius 3 is 2.41 bits per heavy atom. The van der Waals surface area contributed by atoms with Gasteiger partial charge in [-0.05, 0) is 55.3 Å². The van der Waals surface area contributed by atoms with Crippen molar-refractivity contribution in [2.24, 2.45) is 0 Å². The van der Waals surface area contributed by atoms with Crippen molar-refractivity contribution in [3.05, 3.63) is 59.9 Å². The number of carbonyl (C=O) groups is 1. The molecule has 5 nitrogen and oxygen atoms in total. The fourth-order valence-electron chi connectivity index (χ4n) is 3.37. The molecular formula is C20H23FN2O3S. The highest BCUT2D eigenvalue weighted by molar-refractivity contribution is 7.92. The van der Waals surface area contributed by atoms with E-state index in [2.05, 4.69) is 4.72 Å². The molecule has 0 spiro atoms. The van der Waals surface area contributed by atoms with E-state index in [0.29, 0.717) is 5.56 Å². The third kappa shape index (κ3) is 4.66. The molecule has 1 amide bonds. The predicted molar refractivity (Wildman–Crippen MR) is 103 cm³/mol. The smallest absolute Gasteiger partial charge is 0.261 e. The van der Waals surface area contributed by atoms with Crippen molar-refractivity contribution >= 4 is 21.6 Å². The van der Waals surface area contributed by atoms with Crippen LogP contribution < -0.4 is 4.72 Å². The van der Waals surface area contributed by atoms with Gasteiger partial charge in [-0.25, -0.2) is 12.8 Å². The molecule has 2 aromatic carbocycles. The van der Waals surface area contributed by atoms with Crippen LogP contribution in [-0.4, -0.2) is 32.3 Å². The van der Waals surface area contributed by atoms with Crippen molar-refractivity contribution in [1.29, 1.82) is 0 Å². The number of amides is 1. The molecule has 27 heavy (non-hydrogen) atoms. The first kappa shape index (κ1) is 19.4. The Morgan fingerprint density at radius 1 is 1.07 bits per heavy atom. The summed E-state index contributed by atoms with van der Waals surface area (Å²) in [4.78, 5) is 14.5. The van der Waals surface area contributed by atoms with Gasteiger partial charge in [0.1, 0.15) is 5.82 Å². The van der Waals surface area contributed by atoms with E-state index < -0.39 is 15.8 Å². The minimum atomic E-state index is -3.88. The molecule has 0 aromatic heterocycles. The summed E-state index contributed by atoms with van der Waals surface area (Å²) in [5.41, 5.74) is 0.595. The largest absolute Gasteiger partial charge is 0.339 e. The van der Waals surface area contributed by atoms with E-state index >= 15 is 0 Å². The van der Waals surface area contributed by atoms with E-state index in [4.69, 9.17) is 0 Å². The summed E-state index contributed by atoms with van der Waals surface area (Å²) in [6.07, 6.45) is 5.37. The van der Waals surface area contributed by atoms with Crippen molar-refractivity contribution in [1.82, 2.24) is 4.90 Å². The van der Waals surface area contributed by atoms with Gasteiger partial charge in [0.25, 0.3) is 15.9 Å². The Labute approximate surface area is 159 Å². The minimum absolute atomic E-state index is 0.00489. The Kier molecular flexibility index (Phi) is 5.79. The number of rotatable bonds is 5. The Balaban J connectivity index is 1.79. The second kappa shape index (κ2) is 8.08. The van der Waals surface area contributed by atoms with Gasteiger partial charge in [-0.1, -0.05) is 25.3 Å². The zero-order valence-electron chi connectivity index (χ0n) is 15.2. The number of hydrogen-bond acceptors (Lipinski definition) is 3. The van der Waals surface area contributed by atoms with Crippen LogP contribution in [0.1, 0.15) is 42.5 Å². The van der Waals surface area contributed by atoms with Crippen LogP contribution in [0.4, 0.5) is 10.1 Å². The monoisotopic (exact) mass is 390 g/mol. The van der Waals surface area contributed by atoms with Crippen molar-refractivity contribution in [3.8, 4) is 0 Å². The van der Waals surface area contributed by atoms with E-state index in [0.717, 1.165) is 25.7 Å². The Hall–Kier alpha value is -2.41. The molecule has 1 aliphatic carbocycles. The Bertz CT molecular complexity index is 907. The van der Waals surface area contributed by atoms with E-state index in [1.54, 1.807) is 24.1 Å². The first-order valence-electron chi connectivity index (χ1n) is 9.02. The number of carbonyl (C=O) groups excluding carboxylic acids is 1. The van der Waals surface area contributed by atoms with Gasteiger partial charge in [0, 0.05) is 24.3 Å². The third-order valence-corrected chi connectivity index (χ3v) is 6.31. The molecule has 3 rings (SSSR count). The number of halogens is 1. The highest BCUT2D eigenvalue weighted by Gasteiger charge is 2.24. The molecule has 0 bridgehead atoms. The number of sulfonamides is 1. The van der Waals surface area contributed by atoms with E-state index in [9.17, 15) is 17.6 Å². The second-order valence-corrected chi connectivity index (χ2v) is 8.53. The molecule has 0 radical (unpaired) electrons. The molecule has 0 aliphatic heterocycles. The predicted octanol–water partition coefficient (Wildman–Crippen LogP) is 4.03. The lowest BCUT2D eigenvalue weighted by Crippen LogP contribution is -2.38. The van der Waals surface area contributed by atoms with Crippen LogP contribution in [0.3, 0.4) is 0 Å². The molecule has 144 valence electrons. The fourth-order valence-corrected chi connectivity index (χ4v) is 4.47. The zero-order chi connectivity index (χ0) is 19.4. The average molecular weight is 390 g/mol. The zero-order valence-corrected chi connectivity index (χ0v) is 16.0. The van der Waals surface area contributed by atoms with Crippen molar-refractivity contribution in [2.45, 2.75) is 43.0 Å². The number of benzene rings is 2. The quantitative estimate of drug-likeness (QED) is 0.838. The van der Waals surface area contributed by atoms with Crippen LogP contribution in [0.2, 0.25) is 0 Å². The molecule has 2 aromatic rings. The van der Waals surface area contributed by atoms with Gasteiger partial charge >= 0.3 is 0 Å². The maximum Gasteiger partial charge on any atom is 0.261 e. The van der Waals surface area contributed by atoms with Gasteiger partial charge in [0.15, 0.2) is 0 Å². The third-order valence-electron chi connectivity index (χ3n) is 4.93. The van der Waals surface area contributed by atoms with Gasteiger partial charge in [0.05, 0.1) is 4.90 Å². The van der Waals surface area contributed by atoms with Crippen LogP contribution in [-0.2, 0) is 10.0 Å². The molecule has 7 heteroatoms. The topological polar surface area (TPSA) is 66.5 Å². The van der Waals surface area contributed by atoms with E-state index in [-0.39, 0.29) is 22.5 Å².